The van der Waals surface area contributed by atoms with E-state index in [-0.39, 0.29) is 6.03 Å². The number of urea groups is 1. The summed E-state index contributed by atoms with van der Waals surface area (Å²) in [6.07, 6.45) is 7.37. The fraction of sp³-hybridized carbons (Fsp3) is 0.636. The Bertz CT molecular complexity index is 838. The van der Waals surface area contributed by atoms with E-state index in [4.69, 9.17) is 0 Å². The summed E-state index contributed by atoms with van der Waals surface area (Å²) in [7, 11) is 0. The van der Waals surface area contributed by atoms with Crippen LogP contribution in [0.3, 0.4) is 0 Å². The molecule has 1 atom stereocenters. The maximum absolute atomic E-state index is 12.6. The monoisotopic (exact) mass is 411 g/mol. The summed E-state index contributed by atoms with van der Waals surface area (Å²) in [5, 5.41) is 18.2. The third-order valence-electron chi connectivity index (χ3n) is 6.12. The van der Waals surface area contributed by atoms with Crippen LogP contribution in [0.4, 0.5) is 10.5 Å². The van der Waals surface area contributed by atoms with Gasteiger partial charge in [0.1, 0.15) is 0 Å². The number of carbonyl (C=O) groups is 1. The predicted molar refractivity (Wildman–Crippen MR) is 117 cm³/mol. The highest BCUT2D eigenvalue weighted by Crippen LogP contribution is 2.36. The Labute approximate surface area is 178 Å². The minimum Gasteiger partial charge on any atom is -0.336 e. The smallest absolute Gasteiger partial charge is 0.319 e. The highest BCUT2D eigenvalue weighted by Gasteiger charge is 2.28. The van der Waals surface area contributed by atoms with Crippen molar-refractivity contribution < 1.29 is 4.79 Å². The van der Waals surface area contributed by atoms with Crippen LogP contribution in [-0.4, -0.2) is 56.8 Å². The van der Waals surface area contributed by atoms with Crippen LogP contribution < -0.4 is 10.6 Å². The second kappa shape index (κ2) is 9.55. The fourth-order valence-electron chi connectivity index (χ4n) is 4.27. The normalized spacial score (nSPS) is 18.8. The number of carbonyl (C=O) groups excluding carboxylic acids is 1. The first-order chi connectivity index (χ1) is 14.6. The second-order valence-electron chi connectivity index (χ2n) is 8.86. The SMILES string of the molecule is CC(C)[C@@H](CNC(=O)Nc1cccc(-c2nnnn2C2CC2)c1)N1CCCCCC1. The van der Waals surface area contributed by atoms with Crippen LogP contribution in [0, 0.1) is 5.92 Å². The first kappa shape index (κ1) is 20.8. The van der Waals surface area contributed by atoms with E-state index in [1.165, 1.54) is 25.7 Å². The van der Waals surface area contributed by atoms with Gasteiger partial charge in [-0.15, -0.1) is 5.10 Å². The van der Waals surface area contributed by atoms with E-state index in [2.05, 4.69) is 44.9 Å². The van der Waals surface area contributed by atoms with E-state index in [1.807, 2.05) is 28.9 Å². The Morgan fingerprint density at radius 3 is 2.63 bits per heavy atom. The van der Waals surface area contributed by atoms with Crippen molar-refractivity contribution in [1.29, 1.82) is 0 Å². The van der Waals surface area contributed by atoms with Crippen molar-refractivity contribution in [3.8, 4) is 11.4 Å². The first-order valence-corrected chi connectivity index (χ1v) is 11.3. The van der Waals surface area contributed by atoms with Crippen LogP contribution in [-0.2, 0) is 0 Å². The average Bonchev–Trinajstić information content (AvgIpc) is 3.51. The van der Waals surface area contributed by atoms with Gasteiger partial charge in [0, 0.05) is 23.8 Å². The number of amides is 2. The van der Waals surface area contributed by atoms with Gasteiger partial charge in [0.2, 0.25) is 0 Å². The molecule has 30 heavy (non-hydrogen) atoms. The Hall–Kier alpha value is -2.48. The number of likely N-dealkylation sites (tertiary alicyclic amines) is 1. The van der Waals surface area contributed by atoms with Crippen LogP contribution in [0.2, 0.25) is 0 Å². The van der Waals surface area contributed by atoms with Crippen LogP contribution in [0.1, 0.15) is 58.4 Å². The molecule has 1 aliphatic heterocycles. The lowest BCUT2D eigenvalue weighted by Gasteiger charge is -2.33. The molecule has 162 valence electrons. The number of tetrazole rings is 1. The van der Waals surface area contributed by atoms with E-state index in [0.717, 1.165) is 43.0 Å². The van der Waals surface area contributed by atoms with Gasteiger partial charge < -0.3 is 10.6 Å². The van der Waals surface area contributed by atoms with Crippen LogP contribution in [0.25, 0.3) is 11.4 Å². The van der Waals surface area contributed by atoms with Crippen LogP contribution in [0.15, 0.2) is 24.3 Å². The second-order valence-corrected chi connectivity index (χ2v) is 8.86. The Morgan fingerprint density at radius 1 is 1.17 bits per heavy atom. The molecule has 0 bridgehead atoms. The standard InChI is InChI=1S/C22H33N7O/c1-16(2)20(28-12-5-3-4-6-13-28)15-23-22(30)24-18-9-7-8-17(14-18)21-25-26-27-29(21)19-10-11-19/h7-9,14,16,19-20H,3-6,10-13,15H2,1-2H3,(H2,23,24,30)/t20-/m1/s1. The van der Waals surface area contributed by atoms with Gasteiger partial charge >= 0.3 is 6.03 Å². The molecule has 0 radical (unpaired) electrons. The molecule has 2 heterocycles. The minimum absolute atomic E-state index is 0.172. The Morgan fingerprint density at radius 2 is 1.93 bits per heavy atom. The van der Waals surface area contributed by atoms with Gasteiger partial charge in [-0.3, -0.25) is 4.90 Å². The summed E-state index contributed by atoms with van der Waals surface area (Å²) in [5.74, 6) is 1.25. The molecule has 2 amide bonds. The lowest BCUT2D eigenvalue weighted by atomic mass is 10.0. The van der Waals surface area contributed by atoms with Crippen molar-refractivity contribution in [2.24, 2.45) is 5.92 Å². The summed E-state index contributed by atoms with van der Waals surface area (Å²) in [6.45, 7) is 7.39. The topological polar surface area (TPSA) is 88.0 Å². The van der Waals surface area contributed by atoms with Crippen molar-refractivity contribution in [3.63, 3.8) is 0 Å². The Balaban J connectivity index is 1.36. The minimum atomic E-state index is -0.172. The predicted octanol–water partition coefficient (Wildman–Crippen LogP) is 3.70. The molecular formula is C22H33N7O. The highest BCUT2D eigenvalue weighted by molar-refractivity contribution is 5.89. The average molecular weight is 412 g/mol. The summed E-state index contributed by atoms with van der Waals surface area (Å²) in [4.78, 5) is 15.1. The van der Waals surface area contributed by atoms with E-state index in [9.17, 15) is 4.79 Å². The summed E-state index contributed by atoms with van der Waals surface area (Å²) < 4.78 is 1.88. The van der Waals surface area contributed by atoms with Gasteiger partial charge in [-0.1, -0.05) is 38.8 Å². The zero-order chi connectivity index (χ0) is 20.9. The van der Waals surface area contributed by atoms with Gasteiger partial charge in [-0.05, 0) is 67.3 Å². The van der Waals surface area contributed by atoms with Gasteiger partial charge in [0.05, 0.1) is 6.04 Å². The van der Waals surface area contributed by atoms with Crippen LogP contribution >= 0.6 is 0 Å². The number of rotatable bonds is 7. The lowest BCUT2D eigenvalue weighted by molar-refractivity contribution is 0.158. The third kappa shape index (κ3) is 5.16. The molecule has 0 spiro atoms. The van der Waals surface area contributed by atoms with Crippen molar-refractivity contribution >= 4 is 11.7 Å². The summed E-state index contributed by atoms with van der Waals surface area (Å²) in [6, 6.07) is 8.31. The number of nitrogens with one attached hydrogen (secondary N) is 2. The zero-order valence-electron chi connectivity index (χ0n) is 18.0. The van der Waals surface area contributed by atoms with Crippen molar-refractivity contribution in [2.45, 2.75) is 64.5 Å². The molecule has 2 N–H and O–H groups in total. The largest absolute Gasteiger partial charge is 0.336 e. The number of nitrogens with zero attached hydrogens (tertiary/aromatic N) is 5. The molecule has 1 aromatic heterocycles. The van der Waals surface area contributed by atoms with Gasteiger partial charge in [0.25, 0.3) is 0 Å². The number of anilines is 1. The molecule has 2 aromatic rings. The molecule has 1 aliphatic carbocycles. The molecule has 0 unspecified atom stereocenters. The summed E-state index contributed by atoms with van der Waals surface area (Å²) in [5.41, 5.74) is 1.65. The molecule has 4 rings (SSSR count). The number of benzene rings is 1. The number of aromatic nitrogens is 4. The lowest BCUT2D eigenvalue weighted by Crippen LogP contribution is -2.48. The maximum Gasteiger partial charge on any atom is 0.319 e. The molecule has 1 aromatic carbocycles. The third-order valence-corrected chi connectivity index (χ3v) is 6.12. The first-order valence-electron chi connectivity index (χ1n) is 11.3. The van der Waals surface area contributed by atoms with Crippen molar-refractivity contribution in [1.82, 2.24) is 30.4 Å². The molecule has 2 fully saturated rings. The highest BCUT2D eigenvalue weighted by atomic mass is 16.2. The maximum atomic E-state index is 12.6. The van der Waals surface area contributed by atoms with E-state index < -0.39 is 0 Å². The molecule has 2 aliphatic rings. The fourth-order valence-corrected chi connectivity index (χ4v) is 4.27. The number of hydrogen-bond acceptors (Lipinski definition) is 5. The van der Waals surface area contributed by atoms with Gasteiger partial charge in [-0.25, -0.2) is 9.48 Å². The molecule has 8 nitrogen and oxygen atoms in total. The van der Waals surface area contributed by atoms with E-state index in [0.29, 0.717) is 24.5 Å². The van der Waals surface area contributed by atoms with Crippen molar-refractivity contribution in [3.05, 3.63) is 24.3 Å². The molecule has 1 saturated carbocycles. The van der Waals surface area contributed by atoms with E-state index >= 15 is 0 Å². The quantitative estimate of drug-likeness (QED) is 0.725. The molecular weight excluding hydrogens is 378 g/mol. The van der Waals surface area contributed by atoms with Gasteiger partial charge in [-0.2, -0.15) is 0 Å². The van der Waals surface area contributed by atoms with Gasteiger partial charge in [0.15, 0.2) is 5.82 Å². The van der Waals surface area contributed by atoms with Crippen molar-refractivity contribution in [2.75, 3.05) is 25.0 Å². The number of hydrogen-bond donors (Lipinski definition) is 2. The molecule has 1 saturated heterocycles. The van der Waals surface area contributed by atoms with E-state index in [1.54, 1.807) is 0 Å². The molecule has 8 heteroatoms. The Kier molecular flexibility index (Phi) is 6.62. The van der Waals surface area contributed by atoms with Crippen LogP contribution in [0.5, 0.6) is 0 Å². The zero-order valence-corrected chi connectivity index (χ0v) is 18.0. The summed E-state index contributed by atoms with van der Waals surface area (Å²) >= 11 is 0.